The van der Waals surface area contributed by atoms with Gasteiger partial charge in [-0.25, -0.2) is 8.78 Å². The number of primary amides is 1. The molecule has 0 aliphatic heterocycles. The Bertz CT molecular complexity index is 1290. The van der Waals surface area contributed by atoms with Crippen LogP contribution in [-0.2, 0) is 22.6 Å². The van der Waals surface area contributed by atoms with Crippen LogP contribution in [0, 0.1) is 36.8 Å². The van der Waals surface area contributed by atoms with E-state index in [1.165, 1.54) is 12.1 Å². The van der Waals surface area contributed by atoms with Gasteiger partial charge in [-0.1, -0.05) is 60.9 Å². The van der Waals surface area contributed by atoms with E-state index >= 15 is 0 Å². The van der Waals surface area contributed by atoms with E-state index in [2.05, 4.69) is 23.5 Å². The molecule has 1 aliphatic rings. The summed E-state index contributed by atoms with van der Waals surface area (Å²) in [6.07, 6.45) is 3.88. The molecule has 8 heteroatoms. The van der Waals surface area contributed by atoms with Crippen LogP contribution >= 0.6 is 0 Å². The lowest BCUT2D eigenvalue weighted by Crippen LogP contribution is -2.51. The quantitative estimate of drug-likeness (QED) is 0.283. The summed E-state index contributed by atoms with van der Waals surface area (Å²) < 4.78 is 28.4. The third-order valence-electron chi connectivity index (χ3n) is 7.85. The van der Waals surface area contributed by atoms with Gasteiger partial charge in [0, 0.05) is 43.7 Å². The average molecular weight is 582 g/mol. The smallest absolute Gasteiger partial charge is 0.249 e. The molecule has 42 heavy (non-hydrogen) atoms. The predicted octanol–water partition coefficient (Wildman–Crippen LogP) is 5.29. The molecule has 1 unspecified atom stereocenters. The molecule has 2 aromatic rings. The molecular weight excluding hydrogens is 536 g/mol. The fraction of sp³-hybridized carbons (Fsp3) is 0.471. The third-order valence-corrected chi connectivity index (χ3v) is 7.85. The number of halogens is 2. The summed E-state index contributed by atoms with van der Waals surface area (Å²) in [4.78, 5) is 28.8. The van der Waals surface area contributed by atoms with Gasteiger partial charge in [-0.2, -0.15) is 0 Å². The number of rotatable bonds is 14. The molecule has 4 N–H and O–H groups in total. The van der Waals surface area contributed by atoms with Crippen molar-refractivity contribution in [3.63, 3.8) is 0 Å². The van der Waals surface area contributed by atoms with E-state index in [9.17, 15) is 23.5 Å². The molecule has 3 atom stereocenters. The summed E-state index contributed by atoms with van der Waals surface area (Å²) in [6.45, 7) is 11.6. The van der Waals surface area contributed by atoms with Gasteiger partial charge in [-0.05, 0) is 69.7 Å². The van der Waals surface area contributed by atoms with Gasteiger partial charge in [0.2, 0.25) is 11.8 Å². The van der Waals surface area contributed by atoms with Crippen LogP contribution < -0.4 is 11.1 Å². The van der Waals surface area contributed by atoms with Crippen molar-refractivity contribution in [3.05, 3.63) is 93.6 Å². The molecule has 0 aromatic heterocycles. The van der Waals surface area contributed by atoms with Crippen molar-refractivity contribution in [1.82, 2.24) is 10.2 Å². The molecule has 0 bridgehead atoms. The van der Waals surface area contributed by atoms with Gasteiger partial charge in [-0.15, -0.1) is 0 Å². The van der Waals surface area contributed by atoms with E-state index in [1.54, 1.807) is 24.0 Å². The molecule has 0 saturated heterocycles. The second kappa shape index (κ2) is 14.7. The molecule has 0 heterocycles. The summed E-state index contributed by atoms with van der Waals surface area (Å²) in [7, 11) is 0. The number of amides is 2. The van der Waals surface area contributed by atoms with Crippen molar-refractivity contribution < 1.29 is 23.5 Å². The molecule has 0 spiro atoms. The molecule has 1 aliphatic carbocycles. The highest BCUT2D eigenvalue weighted by Gasteiger charge is 2.48. The summed E-state index contributed by atoms with van der Waals surface area (Å²) >= 11 is 0. The highest BCUT2D eigenvalue weighted by Crippen LogP contribution is 2.44. The SMILES string of the molecule is CCCN(CCC)C(=O)C1=CC(C)=CC(C(N)=O)([C@H](Cc2cc(F)cc(F)c2)[C@@H](O)CNCc2cc(C)cc(C)c2)C1. The Hall–Kier alpha value is -3.36. The summed E-state index contributed by atoms with van der Waals surface area (Å²) in [5, 5.41) is 14.9. The third kappa shape index (κ3) is 8.35. The van der Waals surface area contributed by atoms with Crippen LogP contribution in [0.5, 0.6) is 0 Å². The van der Waals surface area contributed by atoms with E-state index in [4.69, 9.17) is 5.73 Å². The Labute approximate surface area is 248 Å². The lowest BCUT2D eigenvalue weighted by Gasteiger charge is -2.42. The maximum atomic E-state index is 14.2. The van der Waals surface area contributed by atoms with E-state index in [1.807, 2.05) is 27.7 Å². The van der Waals surface area contributed by atoms with Crippen molar-refractivity contribution in [2.45, 2.75) is 73.0 Å². The molecule has 2 aromatic carbocycles. The van der Waals surface area contributed by atoms with Gasteiger partial charge in [-0.3, -0.25) is 9.59 Å². The maximum absolute atomic E-state index is 14.2. The molecule has 228 valence electrons. The topological polar surface area (TPSA) is 95.7 Å². The first kappa shape index (κ1) is 33.1. The maximum Gasteiger partial charge on any atom is 0.249 e. The zero-order chi connectivity index (χ0) is 31.0. The van der Waals surface area contributed by atoms with Crippen LogP contribution in [-0.4, -0.2) is 47.6 Å². The minimum atomic E-state index is -1.46. The number of aryl methyl sites for hydroxylation is 2. The Morgan fingerprint density at radius 3 is 2.12 bits per heavy atom. The number of benzene rings is 2. The highest BCUT2D eigenvalue weighted by atomic mass is 19.1. The standard InChI is InChI=1S/C34H45F2N3O3/c1-6-8-39(9-7-2)32(41)27-13-24(5)18-34(19-27,33(37)42)30(16-25-14-28(35)17-29(36)15-25)31(40)21-38-20-26-11-22(3)10-23(4)12-26/h10-15,17-18,30-31,38,40H,6-9,16,19-21H2,1-5H3,(H2,37,42)/t30-,31+,34?/m1/s1. The van der Waals surface area contributed by atoms with Crippen LogP contribution in [0.15, 0.2) is 59.7 Å². The summed E-state index contributed by atoms with van der Waals surface area (Å²) in [5.41, 5.74) is 9.33. The Kier molecular flexibility index (Phi) is 11.6. The number of nitrogens with two attached hydrogens (primary N) is 1. The number of nitrogens with one attached hydrogen (secondary N) is 1. The monoisotopic (exact) mass is 581 g/mol. The van der Waals surface area contributed by atoms with Crippen molar-refractivity contribution in [2.75, 3.05) is 19.6 Å². The number of hydrogen-bond donors (Lipinski definition) is 3. The number of aliphatic hydroxyl groups is 1. The molecular formula is C34H45F2N3O3. The van der Waals surface area contributed by atoms with Gasteiger partial charge in [0.1, 0.15) is 11.6 Å². The van der Waals surface area contributed by atoms with Gasteiger partial charge < -0.3 is 21.1 Å². The lowest BCUT2D eigenvalue weighted by molar-refractivity contribution is -0.132. The van der Waals surface area contributed by atoms with E-state index < -0.39 is 35.0 Å². The van der Waals surface area contributed by atoms with Crippen LogP contribution in [0.4, 0.5) is 8.78 Å². The van der Waals surface area contributed by atoms with E-state index in [0.717, 1.165) is 35.6 Å². The van der Waals surface area contributed by atoms with Gasteiger partial charge >= 0.3 is 0 Å². The van der Waals surface area contributed by atoms with Crippen LogP contribution in [0.2, 0.25) is 0 Å². The second-order valence-electron chi connectivity index (χ2n) is 11.7. The van der Waals surface area contributed by atoms with Gasteiger partial charge in [0.05, 0.1) is 11.5 Å². The number of nitrogens with zero attached hydrogens (tertiary/aromatic N) is 1. The zero-order valence-electron chi connectivity index (χ0n) is 25.5. The largest absolute Gasteiger partial charge is 0.391 e. The van der Waals surface area contributed by atoms with Crippen LogP contribution in [0.25, 0.3) is 0 Å². The number of carbonyl (C=O) groups excluding carboxylic acids is 2. The van der Waals surface area contributed by atoms with Crippen LogP contribution in [0.1, 0.15) is 62.3 Å². The predicted molar refractivity (Wildman–Crippen MR) is 162 cm³/mol. The van der Waals surface area contributed by atoms with Crippen molar-refractivity contribution in [2.24, 2.45) is 17.1 Å². The first-order valence-electron chi connectivity index (χ1n) is 14.8. The highest BCUT2D eigenvalue weighted by molar-refractivity contribution is 5.97. The van der Waals surface area contributed by atoms with Crippen molar-refractivity contribution in [1.29, 1.82) is 0 Å². The first-order valence-corrected chi connectivity index (χ1v) is 14.8. The van der Waals surface area contributed by atoms with E-state index in [-0.39, 0.29) is 25.3 Å². The minimum Gasteiger partial charge on any atom is -0.391 e. The normalized spacial score (nSPS) is 18.2. The molecule has 3 rings (SSSR count). The van der Waals surface area contributed by atoms with Gasteiger partial charge in [0.25, 0.3) is 0 Å². The molecule has 0 radical (unpaired) electrons. The lowest BCUT2D eigenvalue weighted by atomic mass is 9.63. The fourth-order valence-corrected chi connectivity index (χ4v) is 6.24. The zero-order valence-corrected chi connectivity index (χ0v) is 25.5. The van der Waals surface area contributed by atoms with E-state index in [0.29, 0.717) is 36.3 Å². The first-order chi connectivity index (χ1) is 19.9. The Morgan fingerprint density at radius 1 is 0.976 bits per heavy atom. The van der Waals surface area contributed by atoms with Crippen molar-refractivity contribution in [3.8, 4) is 0 Å². The molecule has 6 nitrogen and oxygen atoms in total. The number of allylic oxidation sites excluding steroid dienone is 2. The molecule has 0 saturated carbocycles. The fourth-order valence-electron chi connectivity index (χ4n) is 6.24. The van der Waals surface area contributed by atoms with Crippen LogP contribution in [0.3, 0.4) is 0 Å². The minimum absolute atomic E-state index is 0.0148. The summed E-state index contributed by atoms with van der Waals surface area (Å²) in [6, 6.07) is 9.37. The average Bonchev–Trinajstić information content (AvgIpc) is 2.89. The number of hydrogen-bond acceptors (Lipinski definition) is 4. The Morgan fingerprint density at radius 2 is 1.57 bits per heavy atom. The number of carbonyl (C=O) groups is 2. The van der Waals surface area contributed by atoms with Crippen molar-refractivity contribution >= 4 is 11.8 Å². The number of aliphatic hydroxyl groups excluding tert-OH is 1. The summed E-state index contributed by atoms with van der Waals surface area (Å²) in [5.74, 6) is -3.25. The molecule has 2 amide bonds. The Balaban J connectivity index is 1.99. The second-order valence-corrected chi connectivity index (χ2v) is 11.7. The molecule has 0 fully saturated rings. The van der Waals surface area contributed by atoms with Gasteiger partial charge in [0.15, 0.2) is 0 Å².